The Labute approximate surface area is 102 Å². The largest absolute Gasteiger partial charge is 0.386 e. The van der Waals surface area contributed by atoms with Gasteiger partial charge in [-0.3, -0.25) is 0 Å². The van der Waals surface area contributed by atoms with Crippen LogP contribution in [0.1, 0.15) is 38.6 Å². The second kappa shape index (κ2) is 4.15. The summed E-state index contributed by atoms with van der Waals surface area (Å²) in [6, 6.07) is 5.98. The Kier molecular flexibility index (Phi) is 2.96. The van der Waals surface area contributed by atoms with Crippen molar-refractivity contribution >= 4 is 11.0 Å². The van der Waals surface area contributed by atoms with Crippen LogP contribution in [0.3, 0.4) is 0 Å². The number of aliphatic hydroxyl groups is 1. The van der Waals surface area contributed by atoms with Crippen LogP contribution in [0.25, 0.3) is 11.0 Å². The molecule has 0 atom stereocenters. The normalized spacial score (nSPS) is 12.3. The molecule has 0 fully saturated rings. The third kappa shape index (κ3) is 2.07. The SMILES string of the molecule is CCCc1nc2c(C(C)(C)O)cccc2n1C. The predicted octanol–water partition coefficient (Wildman–Crippen LogP) is 2.75. The minimum absolute atomic E-state index is 0.850. The Morgan fingerprint density at radius 3 is 2.65 bits per heavy atom. The van der Waals surface area contributed by atoms with Crippen molar-refractivity contribution in [3.63, 3.8) is 0 Å². The van der Waals surface area contributed by atoms with Crippen molar-refractivity contribution in [2.24, 2.45) is 7.05 Å². The quantitative estimate of drug-likeness (QED) is 0.883. The zero-order valence-electron chi connectivity index (χ0n) is 11.0. The molecule has 1 aromatic heterocycles. The predicted molar refractivity (Wildman–Crippen MR) is 70.0 cm³/mol. The highest BCUT2D eigenvalue weighted by Crippen LogP contribution is 2.28. The van der Waals surface area contributed by atoms with Crippen LogP contribution in [0.15, 0.2) is 18.2 Å². The molecular weight excluding hydrogens is 212 g/mol. The molecule has 0 saturated heterocycles. The molecular formula is C14H20N2O. The number of aryl methyl sites for hydroxylation is 2. The summed E-state index contributed by atoms with van der Waals surface area (Å²) in [5, 5.41) is 10.2. The van der Waals surface area contributed by atoms with Gasteiger partial charge in [0.2, 0.25) is 0 Å². The lowest BCUT2D eigenvalue weighted by molar-refractivity contribution is 0.0800. The lowest BCUT2D eigenvalue weighted by Gasteiger charge is -2.17. The third-order valence-corrected chi connectivity index (χ3v) is 3.14. The van der Waals surface area contributed by atoms with Crippen molar-refractivity contribution in [2.75, 3.05) is 0 Å². The van der Waals surface area contributed by atoms with E-state index in [1.165, 1.54) is 0 Å². The minimum Gasteiger partial charge on any atom is -0.386 e. The highest BCUT2D eigenvalue weighted by molar-refractivity contribution is 5.80. The van der Waals surface area contributed by atoms with Crippen LogP contribution in [0, 0.1) is 0 Å². The number of aromatic nitrogens is 2. The van der Waals surface area contributed by atoms with Gasteiger partial charge in [0.15, 0.2) is 0 Å². The number of hydrogen-bond donors (Lipinski definition) is 1. The topological polar surface area (TPSA) is 38.1 Å². The number of fused-ring (bicyclic) bond motifs is 1. The second-order valence-corrected chi connectivity index (χ2v) is 5.07. The van der Waals surface area contributed by atoms with Crippen molar-refractivity contribution in [1.82, 2.24) is 9.55 Å². The highest BCUT2D eigenvalue weighted by Gasteiger charge is 2.21. The van der Waals surface area contributed by atoms with E-state index in [9.17, 15) is 5.11 Å². The average Bonchev–Trinajstić information content (AvgIpc) is 2.55. The van der Waals surface area contributed by atoms with Gasteiger partial charge >= 0.3 is 0 Å². The summed E-state index contributed by atoms with van der Waals surface area (Å²) in [5.74, 6) is 1.08. The van der Waals surface area contributed by atoms with Gasteiger partial charge in [-0.25, -0.2) is 4.98 Å². The lowest BCUT2D eigenvalue weighted by atomic mass is 9.97. The van der Waals surface area contributed by atoms with Crippen LogP contribution in [-0.4, -0.2) is 14.7 Å². The first kappa shape index (κ1) is 12.1. The van der Waals surface area contributed by atoms with Crippen molar-refractivity contribution in [1.29, 1.82) is 0 Å². The molecule has 2 aromatic rings. The molecule has 3 heteroatoms. The number of rotatable bonds is 3. The van der Waals surface area contributed by atoms with Crippen molar-refractivity contribution in [2.45, 2.75) is 39.2 Å². The van der Waals surface area contributed by atoms with Gasteiger partial charge < -0.3 is 9.67 Å². The third-order valence-electron chi connectivity index (χ3n) is 3.14. The van der Waals surface area contributed by atoms with Gasteiger partial charge in [0.25, 0.3) is 0 Å². The van der Waals surface area contributed by atoms with Crippen LogP contribution in [0.5, 0.6) is 0 Å². The fourth-order valence-electron chi connectivity index (χ4n) is 2.20. The van der Waals surface area contributed by atoms with Crippen molar-refractivity contribution in [3.05, 3.63) is 29.6 Å². The van der Waals surface area contributed by atoms with Crippen LogP contribution in [0.4, 0.5) is 0 Å². The van der Waals surface area contributed by atoms with E-state index < -0.39 is 5.60 Å². The Hall–Kier alpha value is -1.35. The molecule has 1 N–H and O–H groups in total. The summed E-state index contributed by atoms with van der Waals surface area (Å²) in [5.41, 5.74) is 2.06. The van der Waals surface area contributed by atoms with Crippen LogP contribution < -0.4 is 0 Å². The molecule has 0 bridgehead atoms. The van der Waals surface area contributed by atoms with Gasteiger partial charge in [-0.2, -0.15) is 0 Å². The summed E-state index contributed by atoms with van der Waals surface area (Å²) in [7, 11) is 2.04. The molecule has 0 unspecified atom stereocenters. The van der Waals surface area contributed by atoms with Gasteiger partial charge in [-0.1, -0.05) is 19.1 Å². The molecule has 1 heterocycles. The number of para-hydroxylation sites is 1. The van der Waals surface area contributed by atoms with Gasteiger partial charge in [-0.05, 0) is 26.3 Å². The first-order valence-electron chi connectivity index (χ1n) is 6.12. The van der Waals surface area contributed by atoms with Crippen molar-refractivity contribution < 1.29 is 5.11 Å². The van der Waals surface area contributed by atoms with E-state index in [-0.39, 0.29) is 0 Å². The fourth-order valence-corrected chi connectivity index (χ4v) is 2.20. The Morgan fingerprint density at radius 2 is 2.06 bits per heavy atom. The molecule has 0 aliphatic carbocycles. The Balaban J connectivity index is 2.69. The minimum atomic E-state index is -0.850. The number of imidazole rings is 1. The van der Waals surface area contributed by atoms with E-state index in [0.717, 1.165) is 35.3 Å². The maximum atomic E-state index is 10.2. The second-order valence-electron chi connectivity index (χ2n) is 5.07. The molecule has 0 aliphatic rings. The molecule has 0 saturated carbocycles. The van der Waals surface area contributed by atoms with Crippen LogP contribution in [0.2, 0.25) is 0 Å². The van der Waals surface area contributed by atoms with Crippen molar-refractivity contribution in [3.8, 4) is 0 Å². The van der Waals surface area contributed by atoms with E-state index in [1.54, 1.807) is 13.8 Å². The number of nitrogens with zero attached hydrogens (tertiary/aromatic N) is 2. The van der Waals surface area contributed by atoms with E-state index in [0.29, 0.717) is 0 Å². The zero-order chi connectivity index (χ0) is 12.6. The fraction of sp³-hybridized carbons (Fsp3) is 0.500. The van der Waals surface area contributed by atoms with Gasteiger partial charge in [0, 0.05) is 19.0 Å². The van der Waals surface area contributed by atoms with E-state index >= 15 is 0 Å². The molecule has 3 nitrogen and oxygen atoms in total. The Morgan fingerprint density at radius 1 is 1.35 bits per heavy atom. The van der Waals surface area contributed by atoms with E-state index in [4.69, 9.17) is 0 Å². The summed E-state index contributed by atoms with van der Waals surface area (Å²) in [6.45, 7) is 5.75. The molecule has 0 amide bonds. The van der Waals surface area contributed by atoms with Crippen LogP contribution >= 0.6 is 0 Å². The van der Waals surface area contributed by atoms with Gasteiger partial charge in [-0.15, -0.1) is 0 Å². The van der Waals surface area contributed by atoms with Gasteiger partial charge in [0.1, 0.15) is 5.82 Å². The van der Waals surface area contributed by atoms with Gasteiger partial charge in [0.05, 0.1) is 16.6 Å². The standard InChI is InChI=1S/C14H20N2O/c1-5-7-12-15-13-10(14(2,3)17)8-6-9-11(13)16(12)4/h6,8-9,17H,5,7H2,1-4H3. The first-order chi connectivity index (χ1) is 7.95. The summed E-state index contributed by atoms with van der Waals surface area (Å²) < 4.78 is 2.12. The first-order valence-corrected chi connectivity index (χ1v) is 6.12. The average molecular weight is 232 g/mol. The van der Waals surface area contributed by atoms with E-state index in [2.05, 4.69) is 22.5 Å². The summed E-state index contributed by atoms with van der Waals surface area (Å²) >= 11 is 0. The summed E-state index contributed by atoms with van der Waals surface area (Å²) in [4.78, 5) is 4.67. The smallest absolute Gasteiger partial charge is 0.109 e. The monoisotopic (exact) mass is 232 g/mol. The van der Waals surface area contributed by atoms with E-state index in [1.807, 2.05) is 19.2 Å². The molecule has 0 spiro atoms. The highest BCUT2D eigenvalue weighted by atomic mass is 16.3. The van der Waals surface area contributed by atoms with Crippen LogP contribution in [-0.2, 0) is 19.1 Å². The Bertz CT molecular complexity index is 535. The molecule has 0 radical (unpaired) electrons. The molecule has 2 rings (SSSR count). The lowest BCUT2D eigenvalue weighted by Crippen LogP contribution is -2.15. The molecule has 1 aromatic carbocycles. The maximum Gasteiger partial charge on any atom is 0.109 e. The molecule has 0 aliphatic heterocycles. The molecule has 92 valence electrons. The number of hydrogen-bond acceptors (Lipinski definition) is 2. The zero-order valence-corrected chi connectivity index (χ0v) is 11.0. The maximum absolute atomic E-state index is 10.2. The molecule has 17 heavy (non-hydrogen) atoms. The number of benzene rings is 1. The summed E-state index contributed by atoms with van der Waals surface area (Å²) in [6.07, 6.45) is 2.05.